The van der Waals surface area contributed by atoms with Crippen molar-refractivity contribution < 1.29 is 0 Å². The first-order chi connectivity index (χ1) is 9.16. The monoisotopic (exact) mass is 289 g/mol. The molecule has 1 aromatic heterocycles. The lowest BCUT2D eigenvalue weighted by Gasteiger charge is -2.06. The highest BCUT2D eigenvalue weighted by Gasteiger charge is 2.09. The zero-order valence-electron chi connectivity index (χ0n) is 9.78. The minimum absolute atomic E-state index is 0.0776. The Morgan fingerprint density at radius 1 is 0.947 bits per heavy atom. The maximum atomic E-state index is 12.1. The van der Waals surface area contributed by atoms with Gasteiger partial charge in [-0.1, -0.05) is 53.5 Å². The summed E-state index contributed by atoms with van der Waals surface area (Å²) in [6.45, 7) is 0. The molecule has 0 unspecified atom stereocenters. The van der Waals surface area contributed by atoms with E-state index in [4.69, 9.17) is 23.2 Å². The zero-order chi connectivity index (χ0) is 13.4. The van der Waals surface area contributed by atoms with Crippen LogP contribution in [-0.4, -0.2) is 4.98 Å². The van der Waals surface area contributed by atoms with E-state index in [0.29, 0.717) is 20.9 Å². The Hall–Kier alpha value is -1.77. The van der Waals surface area contributed by atoms with Crippen LogP contribution in [0.25, 0.3) is 22.2 Å². The van der Waals surface area contributed by atoms with E-state index in [1.807, 2.05) is 30.3 Å². The smallest absolute Gasteiger partial charge is 0.190 e. The molecule has 0 saturated carbocycles. The van der Waals surface area contributed by atoms with Crippen LogP contribution in [0, 0.1) is 0 Å². The summed E-state index contributed by atoms with van der Waals surface area (Å²) in [5.74, 6) is 0. The maximum Gasteiger partial charge on any atom is 0.190 e. The number of pyridine rings is 1. The normalized spacial score (nSPS) is 10.8. The zero-order valence-corrected chi connectivity index (χ0v) is 11.3. The molecule has 0 aliphatic heterocycles. The quantitative estimate of drug-likeness (QED) is 0.703. The highest BCUT2D eigenvalue weighted by atomic mass is 35.5. The summed E-state index contributed by atoms with van der Waals surface area (Å²) in [6, 6.07) is 14.5. The second-order valence-electron chi connectivity index (χ2n) is 4.20. The number of hydrogen-bond acceptors (Lipinski definition) is 1. The van der Waals surface area contributed by atoms with Gasteiger partial charge in [-0.25, -0.2) is 0 Å². The highest BCUT2D eigenvalue weighted by Crippen LogP contribution is 2.29. The molecule has 0 aliphatic carbocycles. The van der Waals surface area contributed by atoms with Crippen LogP contribution < -0.4 is 5.43 Å². The summed E-state index contributed by atoms with van der Waals surface area (Å²) >= 11 is 12.1. The molecule has 1 heterocycles. The summed E-state index contributed by atoms with van der Waals surface area (Å²) in [7, 11) is 0. The first-order valence-electron chi connectivity index (χ1n) is 5.73. The Morgan fingerprint density at radius 2 is 1.68 bits per heavy atom. The van der Waals surface area contributed by atoms with Gasteiger partial charge in [-0.2, -0.15) is 0 Å². The Morgan fingerprint density at radius 3 is 2.42 bits per heavy atom. The first-order valence-corrected chi connectivity index (χ1v) is 6.49. The van der Waals surface area contributed by atoms with E-state index < -0.39 is 0 Å². The van der Waals surface area contributed by atoms with Gasteiger partial charge < -0.3 is 4.98 Å². The van der Waals surface area contributed by atoms with Crippen LogP contribution in [0.2, 0.25) is 10.0 Å². The molecule has 0 aliphatic rings. The molecule has 0 saturated heterocycles. The van der Waals surface area contributed by atoms with E-state index in [0.717, 1.165) is 11.3 Å². The van der Waals surface area contributed by atoms with Gasteiger partial charge in [-0.15, -0.1) is 0 Å². The number of halogens is 2. The fourth-order valence-electron chi connectivity index (χ4n) is 2.03. The average molecular weight is 290 g/mol. The summed E-state index contributed by atoms with van der Waals surface area (Å²) in [5.41, 5.74) is 2.14. The van der Waals surface area contributed by atoms with Crippen molar-refractivity contribution in [3.8, 4) is 11.3 Å². The second kappa shape index (κ2) is 4.72. The van der Waals surface area contributed by atoms with Crippen molar-refractivity contribution in [1.82, 2.24) is 4.98 Å². The van der Waals surface area contributed by atoms with Crippen LogP contribution in [0.3, 0.4) is 0 Å². The Labute approximate surface area is 119 Å². The molecule has 2 nitrogen and oxygen atoms in total. The summed E-state index contributed by atoms with van der Waals surface area (Å²) in [4.78, 5) is 15.3. The number of hydrogen-bond donors (Lipinski definition) is 1. The summed E-state index contributed by atoms with van der Waals surface area (Å²) in [6.07, 6.45) is 0. The predicted molar refractivity (Wildman–Crippen MR) is 80.0 cm³/mol. The van der Waals surface area contributed by atoms with E-state index in [2.05, 4.69) is 4.98 Å². The molecule has 0 amide bonds. The molecular weight excluding hydrogens is 281 g/mol. The van der Waals surface area contributed by atoms with Crippen molar-refractivity contribution in [2.24, 2.45) is 0 Å². The number of H-pyrrole nitrogens is 1. The fourth-order valence-corrected chi connectivity index (χ4v) is 2.40. The standard InChI is InChI=1S/C15H9Cl2NO/c16-11-7-6-10-13(19)8-12(18-15(10)14(11)17)9-4-2-1-3-5-9/h1-8H,(H,18,19). The molecule has 2 aromatic carbocycles. The third-order valence-corrected chi connectivity index (χ3v) is 3.78. The fraction of sp³-hybridized carbons (Fsp3) is 0. The van der Waals surface area contributed by atoms with Gasteiger partial charge in [0.05, 0.1) is 15.6 Å². The number of rotatable bonds is 1. The summed E-state index contributed by atoms with van der Waals surface area (Å²) < 4.78 is 0. The van der Waals surface area contributed by atoms with E-state index in [1.54, 1.807) is 18.2 Å². The lowest BCUT2D eigenvalue weighted by molar-refractivity contribution is 1.38. The predicted octanol–water partition coefficient (Wildman–Crippen LogP) is 4.50. The van der Waals surface area contributed by atoms with Crippen molar-refractivity contribution in [3.05, 3.63) is 68.8 Å². The maximum absolute atomic E-state index is 12.1. The van der Waals surface area contributed by atoms with Crippen molar-refractivity contribution in [1.29, 1.82) is 0 Å². The number of benzene rings is 2. The summed E-state index contributed by atoms with van der Waals surface area (Å²) in [5, 5.41) is 1.33. The van der Waals surface area contributed by atoms with Crippen LogP contribution in [-0.2, 0) is 0 Å². The molecule has 0 radical (unpaired) electrons. The van der Waals surface area contributed by atoms with E-state index in [1.165, 1.54) is 0 Å². The van der Waals surface area contributed by atoms with Crippen LogP contribution in [0.1, 0.15) is 0 Å². The molecule has 0 atom stereocenters. The number of aromatic nitrogens is 1. The van der Waals surface area contributed by atoms with Gasteiger partial charge in [-0.3, -0.25) is 4.79 Å². The van der Waals surface area contributed by atoms with Gasteiger partial charge in [0.15, 0.2) is 5.43 Å². The minimum atomic E-state index is -0.0776. The highest BCUT2D eigenvalue weighted by molar-refractivity contribution is 6.45. The van der Waals surface area contributed by atoms with Crippen molar-refractivity contribution >= 4 is 34.1 Å². The van der Waals surface area contributed by atoms with Gasteiger partial charge in [0.1, 0.15) is 0 Å². The molecule has 0 bridgehead atoms. The third-order valence-electron chi connectivity index (χ3n) is 2.98. The Balaban J connectivity index is 2.36. The number of aromatic amines is 1. The van der Waals surface area contributed by atoms with Crippen LogP contribution in [0.15, 0.2) is 53.3 Å². The van der Waals surface area contributed by atoms with Gasteiger partial charge >= 0.3 is 0 Å². The van der Waals surface area contributed by atoms with Gasteiger partial charge in [0, 0.05) is 17.1 Å². The van der Waals surface area contributed by atoms with Crippen molar-refractivity contribution in [2.75, 3.05) is 0 Å². The second-order valence-corrected chi connectivity index (χ2v) is 4.98. The Kier molecular flexibility index (Phi) is 3.05. The van der Waals surface area contributed by atoms with E-state index in [-0.39, 0.29) is 5.43 Å². The van der Waals surface area contributed by atoms with Gasteiger partial charge in [0.25, 0.3) is 0 Å². The van der Waals surface area contributed by atoms with Gasteiger partial charge in [0.2, 0.25) is 0 Å². The first kappa shape index (κ1) is 12.3. The topological polar surface area (TPSA) is 32.9 Å². The molecule has 0 spiro atoms. The molecule has 0 fully saturated rings. The number of fused-ring (bicyclic) bond motifs is 1. The SMILES string of the molecule is O=c1cc(-c2ccccc2)[nH]c2c(Cl)c(Cl)ccc12. The van der Waals surface area contributed by atoms with Crippen molar-refractivity contribution in [3.63, 3.8) is 0 Å². The molecule has 3 aromatic rings. The molecule has 1 N–H and O–H groups in total. The van der Waals surface area contributed by atoms with Crippen LogP contribution in [0.4, 0.5) is 0 Å². The van der Waals surface area contributed by atoms with E-state index >= 15 is 0 Å². The minimum Gasteiger partial charge on any atom is -0.353 e. The molecular formula is C15H9Cl2NO. The van der Waals surface area contributed by atoms with Crippen LogP contribution >= 0.6 is 23.2 Å². The van der Waals surface area contributed by atoms with Crippen LogP contribution in [0.5, 0.6) is 0 Å². The largest absolute Gasteiger partial charge is 0.353 e. The lowest BCUT2D eigenvalue weighted by atomic mass is 10.1. The molecule has 4 heteroatoms. The lowest BCUT2D eigenvalue weighted by Crippen LogP contribution is -2.03. The molecule has 3 rings (SSSR count). The number of nitrogens with one attached hydrogen (secondary N) is 1. The molecule has 94 valence electrons. The Bertz CT molecular complexity index is 809. The van der Waals surface area contributed by atoms with Gasteiger partial charge in [-0.05, 0) is 17.7 Å². The third kappa shape index (κ3) is 2.14. The van der Waals surface area contributed by atoms with Crippen molar-refractivity contribution in [2.45, 2.75) is 0 Å². The molecule has 19 heavy (non-hydrogen) atoms. The average Bonchev–Trinajstić information content (AvgIpc) is 2.44. The van der Waals surface area contributed by atoms with E-state index in [9.17, 15) is 4.79 Å².